The monoisotopic (exact) mass is 303 g/mol. The first-order valence-corrected chi connectivity index (χ1v) is 7.46. The normalized spacial score (nSPS) is 12.0. The number of carbonyl (C=O) groups excluding carboxylic acids is 1. The first-order valence-electron chi connectivity index (χ1n) is 6.58. The van der Waals surface area contributed by atoms with Gasteiger partial charge in [-0.3, -0.25) is 9.78 Å². The maximum absolute atomic E-state index is 11.3. The summed E-state index contributed by atoms with van der Waals surface area (Å²) in [4.78, 5) is 24.3. The molecule has 0 N–H and O–H groups in total. The Morgan fingerprint density at radius 2 is 2.24 bits per heavy atom. The fourth-order valence-corrected chi connectivity index (χ4v) is 2.80. The Morgan fingerprint density at radius 1 is 1.43 bits per heavy atom. The van der Waals surface area contributed by atoms with E-state index >= 15 is 0 Å². The van der Waals surface area contributed by atoms with E-state index in [9.17, 15) is 4.79 Å². The summed E-state index contributed by atoms with van der Waals surface area (Å²) < 4.78 is 4.68. The van der Waals surface area contributed by atoms with Gasteiger partial charge in [0, 0.05) is 28.9 Å². The Balaban J connectivity index is 2.18. The Kier molecular flexibility index (Phi) is 5.27. The molecule has 5 nitrogen and oxygen atoms in total. The highest BCUT2D eigenvalue weighted by molar-refractivity contribution is 7.99. The Bertz CT molecular complexity index is 620. The van der Waals surface area contributed by atoms with Crippen LogP contribution < -0.4 is 0 Å². The summed E-state index contributed by atoms with van der Waals surface area (Å²) in [6.45, 7) is 3.90. The molecule has 2 heterocycles. The lowest BCUT2D eigenvalue weighted by Crippen LogP contribution is -2.09. The molecule has 1 atom stereocenters. The summed E-state index contributed by atoms with van der Waals surface area (Å²) in [5.41, 5.74) is 1.76. The van der Waals surface area contributed by atoms with Crippen LogP contribution in [0.2, 0.25) is 0 Å². The number of aromatic nitrogens is 3. The molecule has 6 heteroatoms. The molecule has 0 fully saturated rings. The molecule has 0 amide bonds. The first-order chi connectivity index (χ1) is 10.1. The van der Waals surface area contributed by atoms with Crippen molar-refractivity contribution < 1.29 is 9.53 Å². The van der Waals surface area contributed by atoms with E-state index in [2.05, 4.69) is 19.7 Å². The van der Waals surface area contributed by atoms with Gasteiger partial charge in [0.15, 0.2) is 5.82 Å². The van der Waals surface area contributed by atoms with Gasteiger partial charge in [-0.15, -0.1) is 11.8 Å². The topological polar surface area (TPSA) is 65.0 Å². The maximum Gasteiger partial charge on any atom is 0.306 e. The largest absolute Gasteiger partial charge is 0.469 e. The van der Waals surface area contributed by atoms with Gasteiger partial charge in [-0.05, 0) is 25.1 Å². The minimum absolute atomic E-state index is 0.0912. The van der Waals surface area contributed by atoms with Gasteiger partial charge < -0.3 is 4.74 Å². The highest BCUT2D eigenvalue weighted by Gasteiger charge is 2.13. The van der Waals surface area contributed by atoms with E-state index in [-0.39, 0.29) is 11.2 Å². The highest BCUT2D eigenvalue weighted by Crippen LogP contribution is 2.26. The molecule has 0 bridgehead atoms. The predicted molar refractivity (Wildman–Crippen MR) is 82.0 cm³/mol. The SMILES string of the molecule is COC(=O)CC(C)Sc1cc(C)nc(-c2cccnc2)n1. The van der Waals surface area contributed by atoms with E-state index in [1.165, 1.54) is 18.9 Å². The minimum Gasteiger partial charge on any atom is -0.469 e. The zero-order valence-electron chi connectivity index (χ0n) is 12.2. The fourth-order valence-electron chi connectivity index (χ4n) is 1.79. The molecule has 1 unspecified atom stereocenters. The van der Waals surface area contributed by atoms with Crippen LogP contribution in [0.25, 0.3) is 11.4 Å². The van der Waals surface area contributed by atoms with Crippen molar-refractivity contribution in [3.8, 4) is 11.4 Å². The van der Waals surface area contributed by atoms with Gasteiger partial charge >= 0.3 is 5.97 Å². The van der Waals surface area contributed by atoms with Crippen LogP contribution in [0.3, 0.4) is 0 Å². The summed E-state index contributed by atoms with van der Waals surface area (Å²) in [5.74, 6) is 0.434. The van der Waals surface area contributed by atoms with Gasteiger partial charge in [0.05, 0.1) is 13.5 Å². The number of pyridine rings is 1. The zero-order chi connectivity index (χ0) is 15.2. The molecule has 0 saturated heterocycles. The Labute approximate surface area is 128 Å². The van der Waals surface area contributed by atoms with Crippen LogP contribution in [0.1, 0.15) is 19.0 Å². The second-order valence-electron chi connectivity index (χ2n) is 4.62. The highest BCUT2D eigenvalue weighted by atomic mass is 32.2. The number of hydrogen-bond acceptors (Lipinski definition) is 6. The maximum atomic E-state index is 11.3. The number of ether oxygens (including phenoxy) is 1. The van der Waals surface area contributed by atoms with Gasteiger partial charge in [-0.25, -0.2) is 9.97 Å². The van der Waals surface area contributed by atoms with E-state index < -0.39 is 0 Å². The summed E-state index contributed by atoms with van der Waals surface area (Å²) in [7, 11) is 1.40. The van der Waals surface area contributed by atoms with Crippen molar-refractivity contribution in [2.24, 2.45) is 0 Å². The lowest BCUT2D eigenvalue weighted by molar-refractivity contribution is -0.140. The van der Waals surface area contributed by atoms with Crippen molar-refractivity contribution in [3.05, 3.63) is 36.3 Å². The van der Waals surface area contributed by atoms with Gasteiger partial charge in [0.2, 0.25) is 0 Å². The molecular formula is C15H17N3O2S. The molecule has 0 aliphatic carbocycles. The number of rotatable bonds is 5. The molecule has 21 heavy (non-hydrogen) atoms. The van der Waals surface area contributed by atoms with E-state index in [1.807, 2.05) is 32.0 Å². The van der Waals surface area contributed by atoms with Crippen molar-refractivity contribution in [3.63, 3.8) is 0 Å². The number of aryl methyl sites for hydroxylation is 1. The molecule has 0 spiro atoms. The van der Waals surface area contributed by atoms with Crippen LogP contribution in [0, 0.1) is 6.92 Å². The van der Waals surface area contributed by atoms with Crippen molar-refractivity contribution >= 4 is 17.7 Å². The fraction of sp³-hybridized carbons (Fsp3) is 0.333. The summed E-state index contributed by atoms with van der Waals surface area (Å²) >= 11 is 1.54. The van der Waals surface area contributed by atoms with Crippen molar-refractivity contribution in [1.82, 2.24) is 15.0 Å². The molecule has 0 saturated carbocycles. The third-order valence-electron chi connectivity index (χ3n) is 2.75. The first kappa shape index (κ1) is 15.4. The minimum atomic E-state index is -0.215. The summed E-state index contributed by atoms with van der Waals surface area (Å²) in [5, 5.41) is 0.936. The van der Waals surface area contributed by atoms with Crippen molar-refractivity contribution in [2.75, 3.05) is 7.11 Å². The number of hydrogen-bond donors (Lipinski definition) is 0. The second-order valence-corrected chi connectivity index (χ2v) is 6.08. The van der Waals surface area contributed by atoms with Crippen LogP contribution in [0.4, 0.5) is 0 Å². The quantitative estimate of drug-likeness (QED) is 0.481. The van der Waals surface area contributed by atoms with Gasteiger partial charge in [-0.1, -0.05) is 6.92 Å². The number of methoxy groups -OCH3 is 1. The van der Waals surface area contributed by atoms with Gasteiger partial charge in [0.1, 0.15) is 5.03 Å². The number of carbonyl (C=O) groups is 1. The summed E-state index contributed by atoms with van der Waals surface area (Å²) in [6.07, 6.45) is 3.81. The van der Waals surface area contributed by atoms with E-state index in [0.717, 1.165) is 16.3 Å². The Morgan fingerprint density at radius 3 is 2.90 bits per heavy atom. The van der Waals surface area contributed by atoms with Crippen LogP contribution >= 0.6 is 11.8 Å². The molecule has 2 aromatic rings. The number of esters is 1. The average molecular weight is 303 g/mol. The third kappa shape index (κ3) is 4.53. The van der Waals surface area contributed by atoms with Crippen molar-refractivity contribution in [1.29, 1.82) is 0 Å². The average Bonchev–Trinajstić information content (AvgIpc) is 2.47. The van der Waals surface area contributed by atoms with E-state index in [1.54, 1.807) is 12.4 Å². The van der Waals surface area contributed by atoms with Crippen LogP contribution in [0.5, 0.6) is 0 Å². The zero-order valence-corrected chi connectivity index (χ0v) is 13.1. The number of nitrogens with zero attached hydrogens (tertiary/aromatic N) is 3. The Hall–Kier alpha value is -1.95. The molecule has 2 rings (SSSR count). The standard InChI is InChI=1S/C15H17N3O2S/c1-10-7-13(21-11(2)8-14(19)20-3)18-15(17-10)12-5-4-6-16-9-12/h4-7,9,11H,8H2,1-3H3. The van der Waals surface area contributed by atoms with Gasteiger partial charge in [0.25, 0.3) is 0 Å². The van der Waals surface area contributed by atoms with E-state index in [0.29, 0.717) is 12.2 Å². The molecule has 0 aromatic carbocycles. The lowest BCUT2D eigenvalue weighted by atomic mass is 10.2. The van der Waals surface area contributed by atoms with Crippen LogP contribution in [0.15, 0.2) is 35.6 Å². The molecule has 2 aromatic heterocycles. The molecule has 0 aliphatic heterocycles. The van der Waals surface area contributed by atoms with Gasteiger partial charge in [-0.2, -0.15) is 0 Å². The molecule has 0 aliphatic rings. The second kappa shape index (κ2) is 7.17. The molecule has 110 valence electrons. The smallest absolute Gasteiger partial charge is 0.306 e. The predicted octanol–water partition coefficient (Wildman–Crippen LogP) is 2.89. The summed E-state index contributed by atoms with van der Waals surface area (Å²) in [6, 6.07) is 5.69. The third-order valence-corrected chi connectivity index (χ3v) is 3.77. The van der Waals surface area contributed by atoms with Crippen LogP contribution in [-0.4, -0.2) is 33.3 Å². The lowest BCUT2D eigenvalue weighted by Gasteiger charge is -2.10. The van der Waals surface area contributed by atoms with E-state index in [4.69, 9.17) is 0 Å². The molecule has 0 radical (unpaired) electrons. The number of thioether (sulfide) groups is 1. The molecular weight excluding hydrogens is 286 g/mol. The van der Waals surface area contributed by atoms with Crippen LogP contribution in [-0.2, 0) is 9.53 Å². The van der Waals surface area contributed by atoms with Crippen molar-refractivity contribution in [2.45, 2.75) is 30.5 Å².